The van der Waals surface area contributed by atoms with Crippen LogP contribution in [-0.2, 0) is 6.61 Å². The Morgan fingerprint density at radius 1 is 1.29 bits per heavy atom. The summed E-state index contributed by atoms with van der Waals surface area (Å²) in [5.74, 6) is -0.753. The van der Waals surface area contributed by atoms with E-state index in [1.54, 1.807) is 24.4 Å². The summed E-state index contributed by atoms with van der Waals surface area (Å²) in [7, 11) is 0. The molecule has 2 aromatic heterocycles. The van der Waals surface area contributed by atoms with E-state index < -0.39 is 5.97 Å². The fraction of sp³-hybridized carbons (Fsp3) is 0.133. The lowest BCUT2D eigenvalue weighted by molar-refractivity contribution is 0.0694. The molecule has 0 unspecified atom stereocenters. The molecule has 0 aliphatic heterocycles. The number of aryl methyl sites for hydroxylation is 1. The number of hydrogen-bond donors (Lipinski definition) is 1. The van der Waals surface area contributed by atoms with Crippen LogP contribution >= 0.6 is 11.3 Å². The Kier molecular flexibility index (Phi) is 3.53. The third kappa shape index (κ3) is 2.71. The molecule has 0 bridgehead atoms. The molecule has 5 nitrogen and oxygen atoms in total. The number of benzene rings is 1. The normalized spacial score (nSPS) is 10.7. The number of rotatable bonds is 4. The van der Waals surface area contributed by atoms with Gasteiger partial charge in [-0.1, -0.05) is 18.2 Å². The van der Waals surface area contributed by atoms with Gasteiger partial charge in [0.1, 0.15) is 12.2 Å². The summed E-state index contributed by atoms with van der Waals surface area (Å²) in [6.45, 7) is 2.19. The Morgan fingerprint density at radius 3 is 2.81 bits per heavy atom. The van der Waals surface area contributed by atoms with Gasteiger partial charge in [0.2, 0.25) is 0 Å². The molecule has 0 saturated carbocycles. The number of aromatic nitrogens is 2. The van der Waals surface area contributed by atoms with Crippen molar-refractivity contribution in [3.05, 3.63) is 52.1 Å². The number of ether oxygens (including phenoxy) is 1. The van der Waals surface area contributed by atoms with Gasteiger partial charge in [0.15, 0.2) is 5.75 Å². The molecule has 6 heteroatoms. The summed E-state index contributed by atoms with van der Waals surface area (Å²) >= 11 is 1.52. The number of carbonyl (C=O) groups is 1. The van der Waals surface area contributed by atoms with Gasteiger partial charge in [0, 0.05) is 11.6 Å². The van der Waals surface area contributed by atoms with Crippen LogP contribution in [0.15, 0.2) is 36.7 Å². The molecule has 0 fully saturated rings. The third-order valence-corrected chi connectivity index (χ3v) is 3.88. The van der Waals surface area contributed by atoms with Crippen molar-refractivity contribution in [2.45, 2.75) is 13.5 Å². The molecule has 0 saturated heterocycles. The van der Waals surface area contributed by atoms with Crippen LogP contribution in [0.1, 0.15) is 20.2 Å². The lowest BCUT2D eigenvalue weighted by Crippen LogP contribution is -2.04. The molecule has 0 amide bonds. The molecule has 21 heavy (non-hydrogen) atoms. The van der Waals surface area contributed by atoms with E-state index in [1.807, 2.05) is 13.0 Å². The fourth-order valence-corrected chi connectivity index (χ4v) is 2.78. The van der Waals surface area contributed by atoms with Gasteiger partial charge in [-0.15, -0.1) is 11.3 Å². The highest BCUT2D eigenvalue weighted by molar-refractivity contribution is 7.11. The van der Waals surface area contributed by atoms with Crippen LogP contribution in [0.2, 0.25) is 0 Å². The lowest BCUT2D eigenvalue weighted by Gasteiger charge is -2.10. The van der Waals surface area contributed by atoms with Crippen LogP contribution in [0.25, 0.3) is 10.9 Å². The van der Waals surface area contributed by atoms with Crippen molar-refractivity contribution in [1.29, 1.82) is 0 Å². The zero-order valence-corrected chi connectivity index (χ0v) is 12.1. The Hall–Kier alpha value is -2.47. The van der Waals surface area contributed by atoms with Crippen LogP contribution in [0.4, 0.5) is 0 Å². The highest BCUT2D eigenvalue weighted by Gasteiger charge is 2.16. The van der Waals surface area contributed by atoms with Crippen molar-refractivity contribution < 1.29 is 14.6 Å². The highest BCUT2D eigenvalue weighted by atomic mass is 32.1. The van der Waals surface area contributed by atoms with Crippen LogP contribution in [0.5, 0.6) is 5.75 Å². The maximum atomic E-state index is 11.5. The van der Waals surface area contributed by atoms with Gasteiger partial charge in [-0.2, -0.15) is 0 Å². The van der Waals surface area contributed by atoms with Crippen molar-refractivity contribution >= 4 is 28.2 Å². The SMILES string of the molecule is Cc1ncc(COc2cnc3ccccc3c2C(=O)O)s1. The van der Waals surface area contributed by atoms with Gasteiger partial charge in [-0.25, -0.2) is 9.78 Å². The summed E-state index contributed by atoms with van der Waals surface area (Å²) in [6.07, 6.45) is 3.19. The molecule has 1 N–H and O–H groups in total. The van der Waals surface area contributed by atoms with Gasteiger partial charge in [-0.05, 0) is 13.0 Å². The molecular weight excluding hydrogens is 288 g/mol. The first-order valence-electron chi connectivity index (χ1n) is 6.30. The minimum absolute atomic E-state index is 0.141. The first-order valence-corrected chi connectivity index (χ1v) is 7.12. The summed E-state index contributed by atoms with van der Waals surface area (Å²) in [5.41, 5.74) is 0.776. The van der Waals surface area contributed by atoms with Crippen LogP contribution in [0.3, 0.4) is 0 Å². The Labute approximate surface area is 124 Å². The Morgan fingerprint density at radius 2 is 2.10 bits per heavy atom. The number of fused-ring (bicyclic) bond motifs is 1. The molecule has 3 rings (SSSR count). The van der Waals surface area contributed by atoms with E-state index in [9.17, 15) is 9.90 Å². The van der Waals surface area contributed by atoms with E-state index in [2.05, 4.69) is 9.97 Å². The molecule has 3 aromatic rings. The van der Waals surface area contributed by atoms with Crippen molar-refractivity contribution in [2.75, 3.05) is 0 Å². The number of aromatic carboxylic acids is 1. The lowest BCUT2D eigenvalue weighted by atomic mass is 10.1. The number of carboxylic acid groups (broad SMARTS) is 1. The van der Waals surface area contributed by atoms with Crippen molar-refractivity contribution in [3.8, 4) is 5.75 Å². The maximum absolute atomic E-state index is 11.5. The van der Waals surface area contributed by atoms with Crippen LogP contribution in [-0.4, -0.2) is 21.0 Å². The first-order chi connectivity index (χ1) is 10.1. The molecule has 2 heterocycles. The quantitative estimate of drug-likeness (QED) is 0.800. The van der Waals surface area contributed by atoms with Crippen molar-refractivity contribution in [1.82, 2.24) is 9.97 Å². The predicted octanol–water partition coefficient (Wildman–Crippen LogP) is 3.28. The van der Waals surface area contributed by atoms with E-state index >= 15 is 0 Å². The Bertz CT molecular complexity index is 814. The van der Waals surface area contributed by atoms with E-state index in [-0.39, 0.29) is 17.9 Å². The fourth-order valence-electron chi connectivity index (χ4n) is 2.07. The largest absolute Gasteiger partial charge is 0.485 e. The van der Waals surface area contributed by atoms with Gasteiger partial charge in [-0.3, -0.25) is 4.98 Å². The smallest absolute Gasteiger partial charge is 0.340 e. The topological polar surface area (TPSA) is 72.3 Å². The molecule has 0 radical (unpaired) electrons. The molecule has 0 aliphatic rings. The number of para-hydroxylation sites is 1. The number of nitrogens with zero attached hydrogens (tertiary/aromatic N) is 2. The molecule has 0 spiro atoms. The number of pyridine rings is 1. The summed E-state index contributed by atoms with van der Waals surface area (Å²) in [6, 6.07) is 7.11. The van der Waals surface area contributed by atoms with E-state index in [0.29, 0.717) is 10.9 Å². The van der Waals surface area contributed by atoms with Gasteiger partial charge in [0.25, 0.3) is 0 Å². The van der Waals surface area contributed by atoms with Gasteiger partial charge < -0.3 is 9.84 Å². The minimum Gasteiger partial charge on any atom is -0.485 e. The van der Waals surface area contributed by atoms with Crippen LogP contribution in [0, 0.1) is 6.92 Å². The number of hydrogen-bond acceptors (Lipinski definition) is 5. The Balaban J connectivity index is 1.97. The van der Waals surface area contributed by atoms with Crippen LogP contribution < -0.4 is 4.74 Å². The van der Waals surface area contributed by atoms with Gasteiger partial charge >= 0.3 is 5.97 Å². The highest BCUT2D eigenvalue weighted by Crippen LogP contribution is 2.27. The standard InChI is InChI=1S/C15H12N2O3S/c1-9-16-6-10(21-9)8-20-13-7-17-12-5-3-2-4-11(12)14(13)15(18)19/h2-7H,8H2,1H3,(H,18,19). The zero-order chi connectivity index (χ0) is 14.8. The molecular formula is C15H12N2O3S. The number of thiazole rings is 1. The summed E-state index contributed by atoms with van der Waals surface area (Å²) in [5, 5.41) is 11.0. The summed E-state index contributed by atoms with van der Waals surface area (Å²) < 4.78 is 5.63. The third-order valence-electron chi connectivity index (χ3n) is 2.99. The van der Waals surface area contributed by atoms with Crippen molar-refractivity contribution in [3.63, 3.8) is 0 Å². The molecule has 1 aromatic carbocycles. The van der Waals surface area contributed by atoms with Crippen molar-refractivity contribution in [2.24, 2.45) is 0 Å². The maximum Gasteiger partial charge on any atom is 0.340 e. The van der Waals surface area contributed by atoms with Gasteiger partial charge in [0.05, 0.1) is 21.6 Å². The monoisotopic (exact) mass is 300 g/mol. The average molecular weight is 300 g/mol. The zero-order valence-electron chi connectivity index (χ0n) is 11.2. The molecule has 0 atom stereocenters. The second kappa shape index (κ2) is 5.49. The molecule has 0 aliphatic carbocycles. The summed E-state index contributed by atoms with van der Waals surface area (Å²) in [4.78, 5) is 20.9. The number of carboxylic acids is 1. The minimum atomic E-state index is -1.02. The van der Waals surface area contributed by atoms with E-state index in [1.165, 1.54) is 17.5 Å². The second-order valence-corrected chi connectivity index (χ2v) is 5.77. The van der Waals surface area contributed by atoms with E-state index in [4.69, 9.17) is 4.74 Å². The van der Waals surface area contributed by atoms with E-state index in [0.717, 1.165) is 9.88 Å². The second-order valence-electron chi connectivity index (χ2n) is 4.45. The predicted molar refractivity (Wildman–Crippen MR) is 79.9 cm³/mol. The molecule has 106 valence electrons. The average Bonchev–Trinajstić information content (AvgIpc) is 2.89. The first kappa shape index (κ1) is 13.5.